The molecular weight excluding hydrogens is 326 g/mol. The van der Waals surface area contributed by atoms with E-state index in [0.717, 1.165) is 45.0 Å². The zero-order chi connectivity index (χ0) is 18.4. The van der Waals surface area contributed by atoms with Gasteiger partial charge in [-0.3, -0.25) is 9.67 Å². The van der Waals surface area contributed by atoms with Gasteiger partial charge in [-0.25, -0.2) is 0 Å². The number of morpholine rings is 1. The number of aliphatic imine (C=N–C) groups is 1. The van der Waals surface area contributed by atoms with Gasteiger partial charge in [0.05, 0.1) is 19.3 Å². The van der Waals surface area contributed by atoms with E-state index < -0.39 is 0 Å². The van der Waals surface area contributed by atoms with Crippen LogP contribution in [0.5, 0.6) is 0 Å². The fraction of sp³-hybridized carbons (Fsp3) is 0.500. The summed E-state index contributed by atoms with van der Waals surface area (Å²) < 4.78 is 7.87. The number of hydrogen-bond donors (Lipinski definition) is 1. The van der Waals surface area contributed by atoms with Crippen molar-refractivity contribution in [1.29, 1.82) is 0 Å². The second-order valence-corrected chi connectivity index (χ2v) is 6.76. The molecule has 0 aliphatic carbocycles. The molecule has 1 unspecified atom stereocenters. The zero-order valence-corrected chi connectivity index (χ0v) is 16.0. The van der Waals surface area contributed by atoms with Gasteiger partial charge in [0, 0.05) is 33.4 Å². The molecule has 1 fully saturated rings. The molecule has 0 saturated carbocycles. The second-order valence-electron chi connectivity index (χ2n) is 6.76. The topological polar surface area (TPSA) is 54.7 Å². The van der Waals surface area contributed by atoms with Gasteiger partial charge in [0.2, 0.25) is 0 Å². The molecule has 1 N–H and O–H groups in total. The fourth-order valence-corrected chi connectivity index (χ4v) is 3.40. The van der Waals surface area contributed by atoms with Crippen LogP contribution in [-0.2, 0) is 18.2 Å². The molecule has 0 amide bonds. The fourth-order valence-electron chi connectivity index (χ4n) is 3.40. The van der Waals surface area contributed by atoms with Gasteiger partial charge in [0.15, 0.2) is 5.96 Å². The zero-order valence-electron chi connectivity index (χ0n) is 16.0. The normalized spacial score (nSPS) is 18.2. The predicted octanol–water partition coefficient (Wildman–Crippen LogP) is 2.31. The van der Waals surface area contributed by atoms with Gasteiger partial charge < -0.3 is 15.0 Å². The molecule has 0 bridgehead atoms. The number of guanidine groups is 1. The van der Waals surface area contributed by atoms with Crippen molar-refractivity contribution in [3.8, 4) is 0 Å². The van der Waals surface area contributed by atoms with Crippen LogP contribution in [0.1, 0.15) is 29.2 Å². The molecule has 6 nitrogen and oxygen atoms in total. The molecular formula is C20H29N5O. The summed E-state index contributed by atoms with van der Waals surface area (Å²) in [5.41, 5.74) is 3.82. The maximum Gasteiger partial charge on any atom is 0.193 e. The van der Waals surface area contributed by atoms with E-state index >= 15 is 0 Å². The van der Waals surface area contributed by atoms with Crippen molar-refractivity contribution < 1.29 is 4.74 Å². The number of benzene rings is 1. The van der Waals surface area contributed by atoms with E-state index in [0.29, 0.717) is 0 Å². The highest BCUT2D eigenvalue weighted by Gasteiger charge is 2.24. The SMILES string of the molecule is CN=C(NCCCc1cnn(C)c1)N1CCOC(c2ccccc2C)C1. The Morgan fingerprint density at radius 3 is 2.96 bits per heavy atom. The highest BCUT2D eigenvalue weighted by atomic mass is 16.5. The largest absolute Gasteiger partial charge is 0.370 e. The predicted molar refractivity (Wildman–Crippen MR) is 104 cm³/mol. The first-order chi connectivity index (χ1) is 12.7. The van der Waals surface area contributed by atoms with E-state index in [2.05, 4.69) is 57.7 Å². The maximum absolute atomic E-state index is 6.02. The summed E-state index contributed by atoms with van der Waals surface area (Å²) in [6.07, 6.45) is 6.18. The number of ether oxygens (including phenoxy) is 1. The Hall–Kier alpha value is -2.34. The van der Waals surface area contributed by atoms with Crippen LogP contribution in [0, 0.1) is 6.92 Å². The third-order valence-electron chi connectivity index (χ3n) is 4.80. The first-order valence-electron chi connectivity index (χ1n) is 9.27. The van der Waals surface area contributed by atoms with Crippen LogP contribution in [0.15, 0.2) is 41.7 Å². The highest BCUT2D eigenvalue weighted by Crippen LogP contribution is 2.24. The lowest BCUT2D eigenvalue weighted by atomic mass is 10.0. The Labute approximate surface area is 155 Å². The van der Waals surface area contributed by atoms with Gasteiger partial charge >= 0.3 is 0 Å². The average Bonchev–Trinajstić information content (AvgIpc) is 3.07. The quantitative estimate of drug-likeness (QED) is 0.508. The van der Waals surface area contributed by atoms with Crippen molar-refractivity contribution in [3.05, 3.63) is 53.3 Å². The van der Waals surface area contributed by atoms with Gasteiger partial charge in [-0.15, -0.1) is 0 Å². The Morgan fingerprint density at radius 1 is 1.38 bits per heavy atom. The Morgan fingerprint density at radius 2 is 2.23 bits per heavy atom. The summed E-state index contributed by atoms with van der Waals surface area (Å²) in [4.78, 5) is 6.77. The summed E-state index contributed by atoms with van der Waals surface area (Å²) in [6.45, 7) is 5.45. The minimum absolute atomic E-state index is 0.0962. The van der Waals surface area contributed by atoms with Crippen LogP contribution < -0.4 is 5.32 Å². The van der Waals surface area contributed by atoms with Crippen LogP contribution in [0.2, 0.25) is 0 Å². The summed E-state index contributed by atoms with van der Waals surface area (Å²) in [7, 11) is 3.80. The molecule has 6 heteroatoms. The lowest BCUT2D eigenvalue weighted by Gasteiger charge is -2.35. The molecule has 140 valence electrons. The van der Waals surface area contributed by atoms with Gasteiger partial charge in [0.1, 0.15) is 6.10 Å². The van der Waals surface area contributed by atoms with Crippen molar-refractivity contribution in [3.63, 3.8) is 0 Å². The Kier molecular flexibility index (Phi) is 6.28. The number of aromatic nitrogens is 2. The number of nitrogens with one attached hydrogen (secondary N) is 1. The molecule has 2 heterocycles. The molecule has 0 spiro atoms. The monoisotopic (exact) mass is 355 g/mol. The van der Waals surface area contributed by atoms with Gasteiger partial charge in [-0.05, 0) is 36.5 Å². The smallest absolute Gasteiger partial charge is 0.193 e. The Bertz CT molecular complexity index is 739. The van der Waals surface area contributed by atoms with Crippen molar-refractivity contribution in [2.45, 2.75) is 25.9 Å². The van der Waals surface area contributed by atoms with Crippen LogP contribution >= 0.6 is 0 Å². The van der Waals surface area contributed by atoms with E-state index in [4.69, 9.17) is 4.74 Å². The molecule has 1 atom stereocenters. The standard InChI is InChI=1S/C20H29N5O/c1-16-7-4-5-9-18(16)19-15-25(11-12-26-19)20(21-2)22-10-6-8-17-13-23-24(3)14-17/h4-5,7,9,13-14,19H,6,8,10-12,15H2,1-3H3,(H,21,22). The first-order valence-corrected chi connectivity index (χ1v) is 9.27. The van der Waals surface area contributed by atoms with Crippen LogP contribution in [0.3, 0.4) is 0 Å². The van der Waals surface area contributed by atoms with Crippen molar-refractivity contribution in [2.24, 2.45) is 12.0 Å². The number of hydrogen-bond acceptors (Lipinski definition) is 3. The second kappa shape index (κ2) is 8.85. The van der Waals surface area contributed by atoms with E-state index in [9.17, 15) is 0 Å². The van der Waals surface area contributed by atoms with Gasteiger partial charge in [0.25, 0.3) is 0 Å². The lowest BCUT2D eigenvalue weighted by molar-refractivity contribution is -0.00830. The number of aryl methyl sites for hydroxylation is 3. The van der Waals surface area contributed by atoms with Crippen LogP contribution in [0.4, 0.5) is 0 Å². The van der Waals surface area contributed by atoms with Crippen molar-refractivity contribution in [1.82, 2.24) is 20.0 Å². The van der Waals surface area contributed by atoms with Crippen molar-refractivity contribution in [2.75, 3.05) is 33.3 Å². The van der Waals surface area contributed by atoms with E-state index in [1.54, 1.807) is 0 Å². The third kappa shape index (κ3) is 4.64. The van der Waals surface area contributed by atoms with Gasteiger partial charge in [-0.1, -0.05) is 24.3 Å². The molecule has 1 aliphatic rings. The molecule has 3 rings (SSSR count). The summed E-state index contributed by atoms with van der Waals surface area (Å²) in [6, 6.07) is 8.45. The summed E-state index contributed by atoms with van der Waals surface area (Å²) in [5, 5.41) is 7.71. The van der Waals surface area contributed by atoms with Gasteiger partial charge in [-0.2, -0.15) is 5.10 Å². The van der Waals surface area contributed by atoms with E-state index in [-0.39, 0.29) is 6.10 Å². The molecule has 2 aromatic rings. The summed E-state index contributed by atoms with van der Waals surface area (Å²) in [5.74, 6) is 0.957. The van der Waals surface area contributed by atoms with E-state index in [1.165, 1.54) is 16.7 Å². The molecule has 26 heavy (non-hydrogen) atoms. The van der Waals surface area contributed by atoms with Crippen LogP contribution in [0.25, 0.3) is 0 Å². The molecule has 1 aromatic carbocycles. The highest BCUT2D eigenvalue weighted by molar-refractivity contribution is 5.80. The lowest BCUT2D eigenvalue weighted by Crippen LogP contribution is -2.48. The maximum atomic E-state index is 6.02. The molecule has 1 saturated heterocycles. The molecule has 1 aromatic heterocycles. The van der Waals surface area contributed by atoms with Crippen molar-refractivity contribution >= 4 is 5.96 Å². The number of nitrogens with zero attached hydrogens (tertiary/aromatic N) is 4. The minimum atomic E-state index is 0.0962. The molecule has 1 aliphatic heterocycles. The first kappa shape index (κ1) is 18.5. The Balaban J connectivity index is 1.52. The third-order valence-corrected chi connectivity index (χ3v) is 4.80. The van der Waals surface area contributed by atoms with E-state index in [1.807, 2.05) is 25.0 Å². The number of rotatable bonds is 5. The average molecular weight is 355 g/mol. The molecule has 0 radical (unpaired) electrons. The summed E-state index contributed by atoms with van der Waals surface area (Å²) >= 11 is 0. The minimum Gasteiger partial charge on any atom is -0.370 e. The van der Waals surface area contributed by atoms with Crippen LogP contribution in [-0.4, -0.2) is 53.9 Å².